The summed E-state index contributed by atoms with van der Waals surface area (Å²) >= 11 is 0. The van der Waals surface area contributed by atoms with Crippen molar-refractivity contribution in [3.63, 3.8) is 0 Å². The Morgan fingerprint density at radius 1 is 1.26 bits per heavy atom. The standard InChI is InChI=1S/C16H24O3/c1-15(2,3)11-7-8-13-12(9-11)14(17-5)10-16(4,18-6)19-13/h7-9,14H,10H2,1-6H3. The molecule has 0 aromatic heterocycles. The first-order chi connectivity index (χ1) is 8.79. The highest BCUT2D eigenvalue weighted by molar-refractivity contribution is 5.42. The molecule has 0 aliphatic carbocycles. The molecule has 2 rings (SSSR count). The lowest BCUT2D eigenvalue weighted by molar-refractivity contribution is -0.184. The molecular formula is C16H24O3. The van der Waals surface area contributed by atoms with Crippen LogP contribution in [-0.2, 0) is 14.9 Å². The molecule has 1 aromatic rings. The lowest BCUT2D eigenvalue weighted by Gasteiger charge is -2.38. The van der Waals surface area contributed by atoms with E-state index in [2.05, 4.69) is 32.9 Å². The summed E-state index contributed by atoms with van der Waals surface area (Å²) in [4.78, 5) is 0. The number of fused-ring (bicyclic) bond motifs is 1. The Labute approximate surface area is 115 Å². The van der Waals surface area contributed by atoms with Gasteiger partial charge in [-0.3, -0.25) is 0 Å². The Morgan fingerprint density at radius 2 is 1.95 bits per heavy atom. The van der Waals surface area contributed by atoms with Crippen molar-refractivity contribution in [2.45, 2.75) is 51.4 Å². The minimum Gasteiger partial charge on any atom is -0.462 e. The van der Waals surface area contributed by atoms with Gasteiger partial charge in [-0.2, -0.15) is 0 Å². The predicted octanol–water partition coefficient (Wildman–Crippen LogP) is 3.82. The predicted molar refractivity (Wildman–Crippen MR) is 75.6 cm³/mol. The maximum absolute atomic E-state index is 5.97. The molecule has 0 N–H and O–H groups in total. The van der Waals surface area contributed by atoms with E-state index in [0.717, 1.165) is 11.3 Å². The second kappa shape index (κ2) is 4.80. The molecular weight excluding hydrogens is 240 g/mol. The summed E-state index contributed by atoms with van der Waals surface area (Å²) in [6, 6.07) is 6.34. The minimum atomic E-state index is -0.614. The Balaban J connectivity index is 2.45. The van der Waals surface area contributed by atoms with Gasteiger partial charge < -0.3 is 14.2 Å². The number of rotatable bonds is 2. The summed E-state index contributed by atoms with van der Waals surface area (Å²) in [5.41, 5.74) is 2.53. The molecule has 0 saturated carbocycles. The van der Waals surface area contributed by atoms with Crippen molar-refractivity contribution < 1.29 is 14.2 Å². The molecule has 19 heavy (non-hydrogen) atoms. The molecule has 2 atom stereocenters. The van der Waals surface area contributed by atoms with E-state index in [-0.39, 0.29) is 11.5 Å². The van der Waals surface area contributed by atoms with Gasteiger partial charge >= 0.3 is 0 Å². The van der Waals surface area contributed by atoms with E-state index in [1.807, 2.05) is 13.0 Å². The van der Waals surface area contributed by atoms with Crippen LogP contribution < -0.4 is 4.74 Å². The van der Waals surface area contributed by atoms with E-state index < -0.39 is 5.79 Å². The van der Waals surface area contributed by atoms with Crippen LogP contribution in [0, 0.1) is 0 Å². The van der Waals surface area contributed by atoms with Crippen LogP contribution in [0.3, 0.4) is 0 Å². The average Bonchev–Trinajstić information content (AvgIpc) is 2.36. The summed E-state index contributed by atoms with van der Waals surface area (Å²) in [6.45, 7) is 8.57. The Morgan fingerprint density at radius 3 is 2.47 bits per heavy atom. The van der Waals surface area contributed by atoms with Crippen LogP contribution in [0.25, 0.3) is 0 Å². The van der Waals surface area contributed by atoms with Gasteiger partial charge in [-0.25, -0.2) is 0 Å². The van der Waals surface area contributed by atoms with Gasteiger partial charge in [-0.05, 0) is 23.1 Å². The lowest BCUT2D eigenvalue weighted by atomic mass is 9.84. The van der Waals surface area contributed by atoms with Gasteiger partial charge in [-0.15, -0.1) is 0 Å². The van der Waals surface area contributed by atoms with Gasteiger partial charge in [0.25, 0.3) is 0 Å². The van der Waals surface area contributed by atoms with Gasteiger partial charge in [-0.1, -0.05) is 26.8 Å². The molecule has 1 aliphatic rings. The number of hydrogen-bond acceptors (Lipinski definition) is 3. The van der Waals surface area contributed by atoms with Crippen molar-refractivity contribution in [1.82, 2.24) is 0 Å². The van der Waals surface area contributed by atoms with Crippen LogP contribution in [0.15, 0.2) is 18.2 Å². The Bertz CT molecular complexity index is 462. The fourth-order valence-corrected chi connectivity index (χ4v) is 2.42. The first-order valence-electron chi connectivity index (χ1n) is 6.70. The van der Waals surface area contributed by atoms with Crippen molar-refractivity contribution in [2.24, 2.45) is 0 Å². The van der Waals surface area contributed by atoms with E-state index in [1.165, 1.54) is 5.56 Å². The third-order valence-electron chi connectivity index (χ3n) is 3.82. The Hall–Kier alpha value is -1.06. The zero-order valence-corrected chi connectivity index (χ0v) is 12.7. The van der Waals surface area contributed by atoms with E-state index in [1.54, 1.807) is 14.2 Å². The molecule has 2 unspecified atom stereocenters. The molecule has 0 fully saturated rings. The van der Waals surface area contributed by atoms with Gasteiger partial charge in [0.15, 0.2) is 0 Å². The summed E-state index contributed by atoms with van der Waals surface area (Å²) in [5, 5.41) is 0. The van der Waals surface area contributed by atoms with E-state index in [4.69, 9.17) is 14.2 Å². The molecule has 0 radical (unpaired) electrons. The average molecular weight is 264 g/mol. The maximum atomic E-state index is 5.97. The summed E-state index contributed by atoms with van der Waals surface area (Å²) < 4.78 is 17.1. The van der Waals surface area contributed by atoms with Gasteiger partial charge in [0.2, 0.25) is 5.79 Å². The third-order valence-corrected chi connectivity index (χ3v) is 3.82. The van der Waals surface area contributed by atoms with Crippen molar-refractivity contribution >= 4 is 0 Å². The maximum Gasteiger partial charge on any atom is 0.210 e. The molecule has 0 spiro atoms. The van der Waals surface area contributed by atoms with Crippen LogP contribution in [0.4, 0.5) is 0 Å². The van der Waals surface area contributed by atoms with Crippen molar-refractivity contribution in [2.75, 3.05) is 14.2 Å². The zero-order valence-electron chi connectivity index (χ0n) is 12.7. The van der Waals surface area contributed by atoms with E-state index in [9.17, 15) is 0 Å². The van der Waals surface area contributed by atoms with Crippen LogP contribution >= 0.6 is 0 Å². The minimum absolute atomic E-state index is 0.0102. The topological polar surface area (TPSA) is 27.7 Å². The second-order valence-corrected chi connectivity index (χ2v) is 6.37. The smallest absolute Gasteiger partial charge is 0.210 e. The van der Waals surface area contributed by atoms with Crippen LogP contribution in [0.1, 0.15) is 51.3 Å². The molecule has 1 heterocycles. The molecule has 1 aromatic carbocycles. The highest BCUT2D eigenvalue weighted by Crippen LogP contribution is 2.43. The third kappa shape index (κ3) is 2.77. The summed E-state index contributed by atoms with van der Waals surface area (Å²) in [6.07, 6.45) is 0.705. The van der Waals surface area contributed by atoms with E-state index in [0.29, 0.717) is 6.42 Å². The molecule has 106 valence electrons. The highest BCUT2D eigenvalue weighted by Gasteiger charge is 2.38. The number of hydrogen-bond donors (Lipinski definition) is 0. The van der Waals surface area contributed by atoms with Crippen molar-refractivity contribution in [3.05, 3.63) is 29.3 Å². The summed E-state index contributed by atoms with van der Waals surface area (Å²) in [5.74, 6) is 0.243. The Kier molecular flexibility index (Phi) is 3.63. The lowest BCUT2D eigenvalue weighted by Crippen LogP contribution is -2.40. The van der Waals surface area contributed by atoms with Crippen LogP contribution in [-0.4, -0.2) is 20.0 Å². The van der Waals surface area contributed by atoms with Gasteiger partial charge in [0.1, 0.15) is 5.75 Å². The second-order valence-electron chi connectivity index (χ2n) is 6.37. The van der Waals surface area contributed by atoms with Crippen LogP contribution in [0.5, 0.6) is 5.75 Å². The quantitative estimate of drug-likeness (QED) is 0.812. The zero-order chi connectivity index (χ0) is 14.3. The number of ether oxygens (including phenoxy) is 3. The molecule has 3 heteroatoms. The monoisotopic (exact) mass is 264 g/mol. The number of benzene rings is 1. The molecule has 1 aliphatic heterocycles. The van der Waals surface area contributed by atoms with E-state index >= 15 is 0 Å². The number of methoxy groups -OCH3 is 2. The molecule has 0 saturated heterocycles. The van der Waals surface area contributed by atoms with Gasteiger partial charge in [0, 0.05) is 33.1 Å². The SMILES string of the molecule is COC1CC(C)(OC)Oc2ccc(C(C)(C)C)cc21. The van der Waals surface area contributed by atoms with Gasteiger partial charge in [0.05, 0.1) is 6.10 Å². The van der Waals surface area contributed by atoms with Crippen LogP contribution in [0.2, 0.25) is 0 Å². The molecule has 0 bridgehead atoms. The molecule has 0 amide bonds. The fraction of sp³-hybridized carbons (Fsp3) is 0.625. The van der Waals surface area contributed by atoms with Crippen molar-refractivity contribution in [3.8, 4) is 5.75 Å². The summed E-state index contributed by atoms with van der Waals surface area (Å²) in [7, 11) is 3.40. The molecule has 3 nitrogen and oxygen atoms in total. The first-order valence-corrected chi connectivity index (χ1v) is 6.70. The van der Waals surface area contributed by atoms with Crippen molar-refractivity contribution in [1.29, 1.82) is 0 Å². The first kappa shape index (κ1) is 14.4. The normalized spacial score (nSPS) is 26.7. The highest BCUT2D eigenvalue weighted by atomic mass is 16.7. The fourth-order valence-electron chi connectivity index (χ4n) is 2.42. The largest absolute Gasteiger partial charge is 0.462 e.